The standard InChI is InChI=1S/C68H100O30/c1-30-49(93-41(74)16-11-32-9-12-33(87-8)13-10-32)47(80)52(96-57-48(81)51(95-59-53(82)68(86,28-71)29-89-59)50(31(2)90-57)94-55-45(78)42(75)37(73)26-88-55)58(91-30)98-61(85)66-20-19-62(3,4)23-35(66)34-14-15-39-63(5)24-36(72)54(97-56-46(79)44(77)43(76)38(25-69)92-56)65(7,60(83)84)40(63)17-18-64(39,6)67(34,27-70)22-21-66/h9-14,16,30-31,35-40,42-59,69-73,75-82,86H,15,17-29H2,1-8H3,(H,83,84)/b16-11+/t30-,31+,35+,36+,37-,38-,39-,40-,42+,43-,44+,45-,46-,47+,48-,49+,50+,51+,52-,53+,54+,55+,56+,57+,58+,59+,63-,64-,65+,66+,67+,68-/m1/s1. The molecule has 4 saturated carbocycles. The number of allylic oxidation sites excluding steroid dienone is 1. The summed E-state index contributed by atoms with van der Waals surface area (Å²) in [6.07, 6.45) is -32.0. The summed E-state index contributed by atoms with van der Waals surface area (Å²) in [5, 5.41) is 167. The molecule has 5 aliphatic carbocycles. The number of hydrogen-bond acceptors (Lipinski definition) is 29. The minimum Gasteiger partial charge on any atom is -0.497 e. The number of methoxy groups -OCH3 is 1. The van der Waals surface area contributed by atoms with E-state index in [0.29, 0.717) is 37.0 Å². The van der Waals surface area contributed by atoms with Gasteiger partial charge < -0.3 is 133 Å². The molecule has 5 saturated heterocycles. The summed E-state index contributed by atoms with van der Waals surface area (Å²) in [4.78, 5) is 43.7. The molecule has 0 amide bonds. The second-order valence-corrected chi connectivity index (χ2v) is 30.6. The number of aliphatic hydroxyl groups is 14. The number of ether oxygens (including phenoxy) is 12. The smallest absolute Gasteiger partial charge is 0.331 e. The van der Waals surface area contributed by atoms with Crippen LogP contribution in [0, 0.1) is 50.2 Å². The van der Waals surface area contributed by atoms with Crippen molar-refractivity contribution < 1.29 is 148 Å². The molecular formula is C68H100O30. The second kappa shape index (κ2) is 28.2. The van der Waals surface area contributed by atoms with E-state index in [1.54, 1.807) is 24.3 Å². The van der Waals surface area contributed by atoms with Crippen LogP contribution in [0.1, 0.15) is 112 Å². The van der Waals surface area contributed by atoms with Crippen molar-refractivity contribution in [2.24, 2.45) is 50.2 Å². The van der Waals surface area contributed by atoms with Crippen LogP contribution in [0.4, 0.5) is 0 Å². The van der Waals surface area contributed by atoms with E-state index in [1.807, 2.05) is 6.92 Å². The van der Waals surface area contributed by atoms with Crippen LogP contribution in [0.2, 0.25) is 0 Å². The van der Waals surface area contributed by atoms with Crippen molar-refractivity contribution in [1.82, 2.24) is 0 Å². The first-order valence-electron chi connectivity index (χ1n) is 34.0. The van der Waals surface area contributed by atoms with Crippen LogP contribution in [0.5, 0.6) is 5.75 Å². The fourth-order valence-electron chi connectivity index (χ4n) is 18.8. The maximum absolute atomic E-state index is 16.0. The van der Waals surface area contributed by atoms with Gasteiger partial charge in [-0.3, -0.25) is 9.59 Å². The number of esters is 2. The quantitative estimate of drug-likeness (QED) is 0.0341. The molecule has 0 radical (unpaired) electrons. The third-order valence-corrected chi connectivity index (χ3v) is 24.6. The van der Waals surface area contributed by atoms with Gasteiger partial charge in [-0.15, -0.1) is 0 Å². The Balaban J connectivity index is 0.904. The molecule has 552 valence electrons. The zero-order valence-electron chi connectivity index (χ0n) is 56.3. The molecule has 11 rings (SSSR count). The molecule has 32 atom stereocenters. The Morgan fingerprint density at radius 3 is 1.92 bits per heavy atom. The largest absolute Gasteiger partial charge is 0.497 e. The fraction of sp³-hybridized carbons (Fsp3) is 0.809. The van der Waals surface area contributed by atoms with E-state index in [-0.39, 0.29) is 50.0 Å². The van der Waals surface area contributed by atoms with E-state index in [4.69, 9.17) is 56.8 Å². The van der Waals surface area contributed by atoms with Crippen LogP contribution in [0.25, 0.3) is 6.08 Å². The van der Waals surface area contributed by atoms with Gasteiger partial charge in [-0.25, -0.2) is 4.79 Å². The average molecular weight is 1400 g/mol. The molecule has 30 nitrogen and oxygen atoms in total. The van der Waals surface area contributed by atoms with Gasteiger partial charge in [0.2, 0.25) is 6.29 Å². The maximum Gasteiger partial charge on any atom is 0.331 e. The summed E-state index contributed by atoms with van der Waals surface area (Å²) in [5.74, 6) is -4.13. The Kier molecular flexibility index (Phi) is 21.6. The summed E-state index contributed by atoms with van der Waals surface area (Å²) >= 11 is 0. The number of fused-ring (bicyclic) bond motifs is 7. The summed E-state index contributed by atoms with van der Waals surface area (Å²) in [6.45, 7) is 9.36. The van der Waals surface area contributed by atoms with Crippen molar-refractivity contribution in [3.8, 4) is 5.75 Å². The minimum absolute atomic E-state index is 0.00287. The number of hydrogen-bond donors (Lipinski definition) is 15. The molecule has 10 aliphatic rings. The fourth-order valence-corrected chi connectivity index (χ4v) is 18.8. The lowest BCUT2D eigenvalue weighted by Gasteiger charge is -2.71. The van der Waals surface area contributed by atoms with E-state index in [0.717, 1.165) is 11.6 Å². The highest BCUT2D eigenvalue weighted by Gasteiger charge is 2.74. The SMILES string of the molecule is COc1ccc(/C=C/C(=O)O[C@@H]2[C@H](O)[C@@H](O[C@@H]3O[C@@H](C)[C@H](O[C@@H]4OC[C@@H](O)[C@H](O)[C@H]4O)[C@@H](O[C@@H]4OC[C@](O)(CO)[C@H]4O)[C@H]3O)[C@H](OC(=O)[C@]34CCC(C)(C)C[C@H]3C3=CC[C@@H]5[C@@]6(C)C[C@H](O)[C@H](O[C@@H]7O[C@H](CO)[C@@H](O)[C@H](O)[C@H]7O)[C@@](C)(C(=O)O)[C@@H]6CC[C@@]5(C)[C@]3(CO)CC4)O[C@@H]2C)cc1. The Hall–Kier alpha value is -4.01. The number of carboxylic acid groups (broad SMARTS) is 1. The number of carbonyl (C=O) groups is 3. The molecule has 30 heteroatoms. The molecule has 15 N–H and O–H groups in total. The topological polar surface area (TPSA) is 465 Å². The summed E-state index contributed by atoms with van der Waals surface area (Å²) in [5.41, 5.74) is -7.21. The van der Waals surface area contributed by atoms with Gasteiger partial charge in [-0.1, -0.05) is 51.5 Å². The Labute approximate surface area is 566 Å². The number of carbonyl (C=O) groups excluding carboxylic acids is 2. The molecule has 9 fully saturated rings. The number of aliphatic carboxylic acids is 1. The summed E-state index contributed by atoms with van der Waals surface area (Å²) in [6, 6.07) is 6.74. The lowest BCUT2D eigenvalue weighted by molar-refractivity contribution is -0.384. The molecular weight excluding hydrogens is 1300 g/mol. The van der Waals surface area contributed by atoms with Gasteiger partial charge in [0, 0.05) is 11.5 Å². The molecule has 0 spiro atoms. The molecule has 98 heavy (non-hydrogen) atoms. The predicted molar refractivity (Wildman–Crippen MR) is 331 cm³/mol. The van der Waals surface area contributed by atoms with Gasteiger partial charge in [0.25, 0.3) is 0 Å². The van der Waals surface area contributed by atoms with Gasteiger partial charge in [0.05, 0.1) is 69.3 Å². The zero-order chi connectivity index (χ0) is 71.3. The normalized spacial score (nSPS) is 49.3. The van der Waals surface area contributed by atoms with Crippen molar-refractivity contribution >= 4 is 24.0 Å². The minimum atomic E-state index is -2.23. The lowest BCUT2D eigenvalue weighted by Crippen LogP contribution is -2.71. The number of carboxylic acids is 1. The molecule has 5 aliphatic heterocycles. The van der Waals surface area contributed by atoms with Crippen molar-refractivity contribution in [1.29, 1.82) is 0 Å². The highest BCUT2D eigenvalue weighted by atomic mass is 16.8. The van der Waals surface area contributed by atoms with Crippen LogP contribution < -0.4 is 4.74 Å². The van der Waals surface area contributed by atoms with Crippen LogP contribution in [0.3, 0.4) is 0 Å². The van der Waals surface area contributed by atoms with E-state index >= 15 is 4.79 Å². The highest BCUT2D eigenvalue weighted by Crippen LogP contribution is 2.76. The second-order valence-electron chi connectivity index (χ2n) is 30.6. The van der Waals surface area contributed by atoms with Gasteiger partial charge in [0.1, 0.15) is 90.7 Å². The van der Waals surface area contributed by atoms with E-state index in [9.17, 15) is 86.2 Å². The Morgan fingerprint density at radius 2 is 1.27 bits per heavy atom. The van der Waals surface area contributed by atoms with Crippen molar-refractivity contribution in [2.45, 2.75) is 253 Å². The summed E-state index contributed by atoms with van der Waals surface area (Å²) < 4.78 is 72.3. The number of benzene rings is 1. The molecule has 0 unspecified atom stereocenters. The monoisotopic (exact) mass is 1400 g/mol. The third-order valence-electron chi connectivity index (χ3n) is 24.6. The molecule has 0 aromatic heterocycles. The van der Waals surface area contributed by atoms with E-state index in [1.165, 1.54) is 34.0 Å². The maximum atomic E-state index is 16.0. The first-order chi connectivity index (χ1) is 46.1. The van der Waals surface area contributed by atoms with Crippen LogP contribution in [-0.4, -0.2) is 282 Å². The van der Waals surface area contributed by atoms with Gasteiger partial charge >= 0.3 is 17.9 Å². The third kappa shape index (κ3) is 12.8. The number of rotatable bonds is 18. The van der Waals surface area contributed by atoms with Crippen molar-refractivity contribution in [2.75, 3.05) is 40.1 Å². The van der Waals surface area contributed by atoms with E-state index in [2.05, 4.69) is 26.8 Å². The predicted octanol–water partition coefficient (Wildman–Crippen LogP) is -1.60. The highest BCUT2D eigenvalue weighted by molar-refractivity contribution is 5.87. The molecule has 0 bridgehead atoms. The molecule has 5 heterocycles. The van der Waals surface area contributed by atoms with Crippen LogP contribution in [-0.2, 0) is 66.5 Å². The summed E-state index contributed by atoms with van der Waals surface area (Å²) in [7, 11) is 1.50. The first kappa shape index (κ1) is 75.2. The van der Waals surface area contributed by atoms with Gasteiger partial charge in [0.15, 0.2) is 37.4 Å². The zero-order valence-corrected chi connectivity index (χ0v) is 56.3. The Morgan fingerprint density at radius 1 is 0.622 bits per heavy atom. The van der Waals surface area contributed by atoms with Crippen molar-refractivity contribution in [3.63, 3.8) is 0 Å². The first-order valence-corrected chi connectivity index (χ1v) is 34.0. The Bertz CT molecular complexity index is 3060. The average Bonchev–Trinajstić information content (AvgIpc) is 0.718. The number of aliphatic hydroxyl groups excluding tert-OH is 13. The molecule has 1 aromatic carbocycles. The van der Waals surface area contributed by atoms with Crippen LogP contribution in [0.15, 0.2) is 42.0 Å². The molecule has 1 aromatic rings. The van der Waals surface area contributed by atoms with Gasteiger partial charge in [-0.05, 0) is 136 Å². The van der Waals surface area contributed by atoms with Crippen molar-refractivity contribution in [3.05, 3.63) is 47.6 Å². The van der Waals surface area contributed by atoms with Gasteiger partial charge in [-0.2, -0.15) is 0 Å². The van der Waals surface area contributed by atoms with E-state index < -0.39 is 230 Å². The van der Waals surface area contributed by atoms with Crippen LogP contribution >= 0.6 is 0 Å². The lowest BCUT2D eigenvalue weighted by atomic mass is 9.33.